The summed E-state index contributed by atoms with van der Waals surface area (Å²) in [5.41, 5.74) is 0.676. The molecule has 2 aliphatic heterocycles. The Morgan fingerprint density at radius 1 is 0.724 bits per heavy atom. The lowest BCUT2D eigenvalue weighted by atomic mass is 9.85. The Bertz CT molecular complexity index is 641. The molecule has 0 aromatic carbocycles. The maximum Gasteiger partial charge on any atom is 0.330 e. The Kier molecular flexibility index (Phi) is 7.52. The van der Waals surface area contributed by atoms with Crippen LogP contribution in [0.4, 0.5) is 0 Å². The lowest BCUT2D eigenvalue weighted by Gasteiger charge is -2.18. The predicted octanol–water partition coefficient (Wildman–Crippen LogP) is 4.34. The lowest BCUT2D eigenvalue weighted by molar-refractivity contribution is -0.133. The maximum atomic E-state index is 10.5. The molecular formula is C23H34O6. The van der Waals surface area contributed by atoms with Crippen molar-refractivity contribution in [2.45, 2.75) is 95.0 Å². The molecule has 0 amide bonds. The smallest absolute Gasteiger partial charge is 0.330 e. The summed E-state index contributed by atoms with van der Waals surface area (Å²) in [5, 5.41) is 17.3. The first-order valence-corrected chi connectivity index (χ1v) is 11.0. The molecule has 4 fully saturated rings. The molecule has 2 aliphatic carbocycles. The number of rotatable bonds is 9. The average Bonchev–Trinajstić information content (AvgIpc) is 3.59. The summed E-state index contributed by atoms with van der Waals surface area (Å²) in [7, 11) is 0. The van der Waals surface area contributed by atoms with Crippen molar-refractivity contribution >= 4 is 11.9 Å². The molecule has 2 heterocycles. The molecule has 6 atom stereocenters. The van der Waals surface area contributed by atoms with Crippen LogP contribution in [0, 0.1) is 11.8 Å². The van der Waals surface area contributed by atoms with Gasteiger partial charge in [-0.15, -0.1) is 0 Å². The van der Waals surface area contributed by atoms with Crippen LogP contribution in [-0.4, -0.2) is 46.6 Å². The van der Waals surface area contributed by atoms with E-state index in [1.54, 1.807) is 0 Å². The van der Waals surface area contributed by atoms with E-state index >= 15 is 0 Å². The van der Waals surface area contributed by atoms with Crippen molar-refractivity contribution in [1.82, 2.24) is 0 Å². The van der Waals surface area contributed by atoms with E-state index in [-0.39, 0.29) is 0 Å². The summed E-state index contributed by atoms with van der Waals surface area (Å²) < 4.78 is 10.9. The molecule has 4 aliphatic rings. The topological polar surface area (TPSA) is 99.7 Å². The number of fused-ring (bicyclic) bond motifs is 2. The third-order valence-electron chi connectivity index (χ3n) is 6.78. The van der Waals surface area contributed by atoms with E-state index in [9.17, 15) is 9.59 Å². The van der Waals surface area contributed by atoms with E-state index in [1.807, 2.05) is 0 Å². The van der Waals surface area contributed by atoms with Crippen LogP contribution >= 0.6 is 0 Å². The van der Waals surface area contributed by atoms with Crippen molar-refractivity contribution in [3.63, 3.8) is 0 Å². The molecule has 162 valence electrons. The normalized spacial score (nSPS) is 33.9. The molecule has 4 rings (SSSR count). The van der Waals surface area contributed by atoms with Gasteiger partial charge in [0.25, 0.3) is 0 Å². The zero-order valence-corrected chi connectivity index (χ0v) is 17.2. The van der Waals surface area contributed by atoms with Crippen LogP contribution < -0.4 is 0 Å². The van der Waals surface area contributed by atoms with Crippen LogP contribution in [0.15, 0.2) is 24.3 Å². The van der Waals surface area contributed by atoms with Crippen molar-refractivity contribution in [2.75, 3.05) is 0 Å². The van der Waals surface area contributed by atoms with Crippen molar-refractivity contribution in [1.29, 1.82) is 0 Å². The third kappa shape index (κ3) is 6.96. The number of hydrogen-bond acceptors (Lipinski definition) is 4. The monoisotopic (exact) mass is 406 g/mol. The van der Waals surface area contributed by atoms with Crippen LogP contribution in [0.5, 0.6) is 0 Å². The van der Waals surface area contributed by atoms with E-state index in [4.69, 9.17) is 19.7 Å². The second-order valence-electron chi connectivity index (χ2n) is 9.03. The quantitative estimate of drug-likeness (QED) is 0.436. The minimum Gasteiger partial charge on any atom is -0.478 e. The summed E-state index contributed by atoms with van der Waals surface area (Å²) >= 11 is 0. The van der Waals surface area contributed by atoms with E-state index in [0.717, 1.165) is 38.0 Å². The first-order chi connectivity index (χ1) is 13.8. The molecule has 6 unspecified atom stereocenters. The van der Waals surface area contributed by atoms with Gasteiger partial charge in [-0.25, -0.2) is 9.59 Å². The molecular weight excluding hydrogens is 372 g/mol. The fourth-order valence-electron chi connectivity index (χ4n) is 4.69. The van der Waals surface area contributed by atoms with E-state index in [1.165, 1.54) is 25.7 Å². The molecule has 2 saturated heterocycles. The number of carbonyl (C=O) groups is 2. The summed E-state index contributed by atoms with van der Waals surface area (Å²) in [6.45, 7) is 7.07. The first kappa shape index (κ1) is 22.0. The molecule has 0 aromatic rings. The second-order valence-corrected chi connectivity index (χ2v) is 9.03. The SMILES string of the molecule is C=C(CCC1CCC2OC2C1)C(=O)O.C=C(CCCC1CCC2OC2C1)C(=O)O. The zero-order chi connectivity index (χ0) is 21.0. The van der Waals surface area contributed by atoms with Gasteiger partial charge in [0.1, 0.15) is 0 Å². The number of carboxylic acids is 2. The molecule has 0 aromatic heterocycles. The molecule has 2 saturated carbocycles. The standard InChI is InChI=1S/C12H18O3.C11H16O3/c1-8(12(13)14)3-2-4-9-5-6-10-11(7-9)15-10;1-7(11(12)13)2-3-8-4-5-9-10(6-8)14-9/h9-11H,1-7H2,(H,13,14);8-10H,1-6H2,(H,12,13). The van der Waals surface area contributed by atoms with Gasteiger partial charge < -0.3 is 19.7 Å². The van der Waals surface area contributed by atoms with Gasteiger partial charge in [-0.3, -0.25) is 0 Å². The zero-order valence-electron chi connectivity index (χ0n) is 17.2. The first-order valence-electron chi connectivity index (χ1n) is 11.0. The van der Waals surface area contributed by atoms with Gasteiger partial charge in [-0.1, -0.05) is 19.6 Å². The van der Waals surface area contributed by atoms with Crippen molar-refractivity contribution < 1.29 is 29.3 Å². The van der Waals surface area contributed by atoms with Gasteiger partial charge in [-0.2, -0.15) is 0 Å². The Morgan fingerprint density at radius 2 is 1.21 bits per heavy atom. The maximum absolute atomic E-state index is 10.5. The number of epoxide rings is 2. The number of aliphatic carboxylic acids is 2. The Morgan fingerprint density at radius 3 is 1.69 bits per heavy atom. The van der Waals surface area contributed by atoms with E-state index in [0.29, 0.717) is 54.3 Å². The highest BCUT2D eigenvalue weighted by Gasteiger charge is 2.44. The van der Waals surface area contributed by atoms with Crippen LogP contribution in [0.2, 0.25) is 0 Å². The van der Waals surface area contributed by atoms with Crippen LogP contribution in [0.1, 0.15) is 70.6 Å². The van der Waals surface area contributed by atoms with Crippen molar-refractivity contribution in [3.8, 4) is 0 Å². The summed E-state index contributed by atoms with van der Waals surface area (Å²) in [6.07, 6.45) is 13.5. The fraction of sp³-hybridized carbons (Fsp3) is 0.739. The van der Waals surface area contributed by atoms with Crippen LogP contribution in [0.25, 0.3) is 0 Å². The lowest BCUT2D eigenvalue weighted by Crippen LogP contribution is -2.14. The minimum absolute atomic E-state index is 0.337. The Balaban J connectivity index is 0.000000166. The van der Waals surface area contributed by atoms with Gasteiger partial charge in [0.05, 0.1) is 24.4 Å². The molecule has 6 nitrogen and oxygen atoms in total. The Labute approximate surface area is 173 Å². The van der Waals surface area contributed by atoms with Crippen LogP contribution in [-0.2, 0) is 19.1 Å². The molecule has 29 heavy (non-hydrogen) atoms. The molecule has 0 bridgehead atoms. The Hall–Kier alpha value is -1.66. The van der Waals surface area contributed by atoms with Gasteiger partial charge in [0, 0.05) is 11.1 Å². The number of hydrogen-bond donors (Lipinski definition) is 2. The number of ether oxygens (including phenoxy) is 2. The summed E-state index contributed by atoms with van der Waals surface area (Å²) in [5.74, 6) is -0.323. The molecule has 0 spiro atoms. The molecule has 0 radical (unpaired) electrons. The summed E-state index contributed by atoms with van der Waals surface area (Å²) in [6, 6.07) is 0. The third-order valence-corrected chi connectivity index (χ3v) is 6.78. The van der Waals surface area contributed by atoms with Gasteiger partial charge in [0.15, 0.2) is 0 Å². The molecule has 6 heteroatoms. The van der Waals surface area contributed by atoms with Crippen LogP contribution in [0.3, 0.4) is 0 Å². The average molecular weight is 407 g/mol. The highest BCUT2D eigenvalue weighted by Crippen LogP contribution is 2.42. The predicted molar refractivity (Wildman–Crippen MR) is 109 cm³/mol. The van der Waals surface area contributed by atoms with Crippen molar-refractivity contribution in [3.05, 3.63) is 24.3 Å². The highest BCUT2D eigenvalue weighted by molar-refractivity contribution is 5.86. The van der Waals surface area contributed by atoms with Gasteiger partial charge in [0.2, 0.25) is 0 Å². The van der Waals surface area contributed by atoms with Gasteiger partial charge in [-0.05, 0) is 76.0 Å². The second kappa shape index (κ2) is 9.90. The largest absolute Gasteiger partial charge is 0.478 e. The molecule has 2 N–H and O–H groups in total. The number of carboxylic acid groups (broad SMARTS) is 2. The van der Waals surface area contributed by atoms with E-state index < -0.39 is 11.9 Å². The van der Waals surface area contributed by atoms with E-state index in [2.05, 4.69) is 13.2 Å². The minimum atomic E-state index is -0.860. The van der Waals surface area contributed by atoms with Crippen molar-refractivity contribution in [2.24, 2.45) is 11.8 Å². The highest BCUT2D eigenvalue weighted by atomic mass is 16.6. The fourth-order valence-corrected chi connectivity index (χ4v) is 4.69. The van der Waals surface area contributed by atoms with Gasteiger partial charge >= 0.3 is 11.9 Å². The summed E-state index contributed by atoms with van der Waals surface area (Å²) in [4.78, 5) is 21.0.